The fraction of sp³-hybridized carbons (Fsp3) is 0.306. The first kappa shape index (κ1) is 30.9. The van der Waals surface area contributed by atoms with Gasteiger partial charge in [-0.3, -0.25) is 0 Å². The van der Waals surface area contributed by atoms with E-state index in [0.29, 0.717) is 46.9 Å². The van der Waals surface area contributed by atoms with Gasteiger partial charge in [-0.1, -0.05) is 37.3 Å². The maximum Gasteiger partial charge on any atom is 0.323 e. The Balaban J connectivity index is 1.24. The molecular formula is C36H40N8O2. The highest BCUT2D eigenvalue weighted by Crippen LogP contribution is 2.42. The van der Waals surface area contributed by atoms with E-state index in [4.69, 9.17) is 4.74 Å². The Morgan fingerprint density at radius 1 is 0.891 bits per heavy atom. The molecule has 1 saturated carbocycles. The molecule has 0 spiro atoms. The third-order valence-electron chi connectivity index (χ3n) is 8.12. The number of hydrogen-bond acceptors (Lipinski definition) is 8. The van der Waals surface area contributed by atoms with Crippen LogP contribution >= 0.6 is 0 Å². The van der Waals surface area contributed by atoms with Crippen molar-refractivity contribution in [2.24, 2.45) is 0 Å². The number of benzene rings is 3. The highest BCUT2D eigenvalue weighted by atomic mass is 16.5. The SMILES string of the molecule is CCc1ncnc(-c2cccnc2Oc2ccc(NC(=O)Nc3cc(C4CC4)ccc3N(C)CCCN(C)C)c3ccccc23)n1. The molecule has 0 bridgehead atoms. The van der Waals surface area contributed by atoms with Crippen molar-refractivity contribution in [1.29, 1.82) is 0 Å². The van der Waals surface area contributed by atoms with Crippen molar-refractivity contribution in [3.63, 3.8) is 0 Å². The maximum absolute atomic E-state index is 13.5. The molecular weight excluding hydrogens is 576 g/mol. The van der Waals surface area contributed by atoms with E-state index in [1.54, 1.807) is 6.20 Å². The van der Waals surface area contributed by atoms with Gasteiger partial charge >= 0.3 is 6.03 Å². The normalized spacial score (nSPS) is 12.7. The van der Waals surface area contributed by atoms with E-state index in [1.165, 1.54) is 24.7 Å². The van der Waals surface area contributed by atoms with Gasteiger partial charge in [-0.2, -0.15) is 0 Å². The van der Waals surface area contributed by atoms with Crippen LogP contribution in [0, 0.1) is 0 Å². The van der Waals surface area contributed by atoms with E-state index in [-0.39, 0.29) is 6.03 Å². The van der Waals surface area contributed by atoms with Crippen molar-refractivity contribution in [2.45, 2.75) is 38.5 Å². The summed E-state index contributed by atoms with van der Waals surface area (Å²) < 4.78 is 6.39. The number of anilines is 3. The third kappa shape index (κ3) is 7.24. The Bertz CT molecular complexity index is 1840. The minimum Gasteiger partial charge on any atom is -0.438 e. The van der Waals surface area contributed by atoms with Crippen molar-refractivity contribution in [2.75, 3.05) is 49.8 Å². The molecule has 5 aromatic rings. The smallest absolute Gasteiger partial charge is 0.323 e. The molecule has 2 heterocycles. The van der Waals surface area contributed by atoms with Crippen LogP contribution in [-0.2, 0) is 6.42 Å². The first-order chi connectivity index (χ1) is 22.4. The molecule has 1 fully saturated rings. The lowest BCUT2D eigenvalue weighted by Gasteiger charge is -2.24. The molecule has 46 heavy (non-hydrogen) atoms. The lowest BCUT2D eigenvalue weighted by atomic mass is 10.1. The zero-order valence-corrected chi connectivity index (χ0v) is 26.8. The number of hydrogen-bond donors (Lipinski definition) is 2. The van der Waals surface area contributed by atoms with Crippen molar-refractivity contribution in [3.8, 4) is 23.0 Å². The Labute approximate surface area is 269 Å². The number of pyridine rings is 1. The fourth-order valence-electron chi connectivity index (χ4n) is 5.52. The summed E-state index contributed by atoms with van der Waals surface area (Å²) in [6.45, 7) is 3.88. The number of aromatic nitrogens is 4. The molecule has 0 saturated heterocycles. The number of carbonyl (C=O) groups is 1. The number of ether oxygens (including phenoxy) is 1. The second kappa shape index (κ2) is 13.9. The first-order valence-corrected chi connectivity index (χ1v) is 15.8. The predicted molar refractivity (Wildman–Crippen MR) is 184 cm³/mol. The van der Waals surface area contributed by atoms with Crippen molar-refractivity contribution in [3.05, 3.63) is 90.6 Å². The summed E-state index contributed by atoms with van der Waals surface area (Å²) in [4.78, 5) is 35.6. The molecule has 2 amide bonds. The zero-order chi connectivity index (χ0) is 32.0. The summed E-state index contributed by atoms with van der Waals surface area (Å²) in [7, 11) is 6.24. The number of aryl methyl sites for hydroxylation is 1. The molecule has 0 unspecified atom stereocenters. The minimum atomic E-state index is -0.303. The van der Waals surface area contributed by atoms with Crippen LogP contribution in [0.4, 0.5) is 21.9 Å². The van der Waals surface area contributed by atoms with Gasteiger partial charge in [0, 0.05) is 37.0 Å². The average Bonchev–Trinajstić information content (AvgIpc) is 3.92. The summed E-state index contributed by atoms with van der Waals surface area (Å²) in [5, 5.41) is 7.92. The van der Waals surface area contributed by atoms with Gasteiger partial charge in [0.05, 0.1) is 22.6 Å². The van der Waals surface area contributed by atoms with Crippen molar-refractivity contribution < 1.29 is 9.53 Å². The molecule has 0 aliphatic heterocycles. The monoisotopic (exact) mass is 616 g/mol. The van der Waals surface area contributed by atoms with Crippen LogP contribution < -0.4 is 20.3 Å². The standard InChI is InChI=1S/C36H40N8O2/c1-5-33-38-23-39-34(42-33)28-12-8-19-37-35(28)46-32-18-16-29(26-10-6-7-11-27(26)32)40-36(45)41-30-22-25(24-13-14-24)15-17-31(30)44(4)21-9-20-43(2)3/h6-8,10-12,15-19,22-24H,5,9,13-14,20-21H2,1-4H3,(H2,40,41,45). The average molecular weight is 617 g/mol. The molecule has 0 atom stereocenters. The maximum atomic E-state index is 13.5. The molecule has 236 valence electrons. The van der Waals surface area contributed by atoms with Crippen LogP contribution in [0.25, 0.3) is 22.2 Å². The van der Waals surface area contributed by atoms with E-state index in [2.05, 4.69) is 79.7 Å². The lowest BCUT2D eigenvalue weighted by Crippen LogP contribution is -2.26. The second-order valence-electron chi connectivity index (χ2n) is 11.9. The quantitative estimate of drug-likeness (QED) is 0.150. The Morgan fingerprint density at radius 2 is 1.70 bits per heavy atom. The summed E-state index contributed by atoms with van der Waals surface area (Å²) in [6.07, 6.45) is 7.29. The molecule has 10 heteroatoms. The number of rotatable bonds is 12. The summed E-state index contributed by atoms with van der Waals surface area (Å²) >= 11 is 0. The van der Waals surface area contributed by atoms with Gasteiger partial charge in [-0.25, -0.2) is 24.7 Å². The van der Waals surface area contributed by atoms with Crippen LogP contribution in [0.5, 0.6) is 11.6 Å². The van der Waals surface area contributed by atoms with Gasteiger partial charge in [-0.15, -0.1) is 0 Å². The fourth-order valence-corrected chi connectivity index (χ4v) is 5.52. The summed E-state index contributed by atoms with van der Waals surface area (Å²) in [5.74, 6) is 2.76. The van der Waals surface area contributed by atoms with Crippen LogP contribution in [0.2, 0.25) is 0 Å². The van der Waals surface area contributed by atoms with Crippen molar-refractivity contribution in [1.82, 2.24) is 24.8 Å². The lowest BCUT2D eigenvalue weighted by molar-refractivity contribution is 0.262. The molecule has 1 aliphatic rings. The summed E-state index contributed by atoms with van der Waals surface area (Å²) in [5.41, 5.74) is 4.42. The molecule has 6 rings (SSSR count). The number of nitrogens with one attached hydrogen (secondary N) is 2. The highest BCUT2D eigenvalue weighted by Gasteiger charge is 2.25. The number of amides is 2. The Hall–Kier alpha value is -5.09. The number of fused-ring (bicyclic) bond motifs is 1. The number of urea groups is 1. The van der Waals surface area contributed by atoms with Crippen LogP contribution in [0.15, 0.2) is 79.3 Å². The van der Waals surface area contributed by atoms with Crippen molar-refractivity contribution >= 4 is 33.9 Å². The van der Waals surface area contributed by atoms with Crippen LogP contribution in [-0.4, -0.2) is 65.1 Å². The van der Waals surface area contributed by atoms with Gasteiger partial charge in [0.25, 0.3) is 0 Å². The zero-order valence-electron chi connectivity index (χ0n) is 26.8. The number of nitrogens with zero attached hydrogens (tertiary/aromatic N) is 6. The van der Waals surface area contributed by atoms with E-state index in [9.17, 15) is 4.79 Å². The minimum absolute atomic E-state index is 0.303. The van der Waals surface area contributed by atoms with Crippen LogP contribution in [0.1, 0.15) is 43.5 Å². The van der Waals surface area contributed by atoms with E-state index >= 15 is 0 Å². The van der Waals surface area contributed by atoms with E-state index < -0.39 is 0 Å². The Kier molecular flexibility index (Phi) is 9.35. The van der Waals surface area contributed by atoms with Gasteiger partial charge in [0.2, 0.25) is 5.88 Å². The first-order valence-electron chi connectivity index (χ1n) is 15.8. The molecule has 2 N–H and O–H groups in total. The second-order valence-corrected chi connectivity index (χ2v) is 11.9. The molecule has 2 aromatic heterocycles. The van der Waals surface area contributed by atoms with Crippen LogP contribution in [0.3, 0.4) is 0 Å². The molecule has 1 aliphatic carbocycles. The topological polar surface area (TPSA) is 108 Å². The largest absolute Gasteiger partial charge is 0.438 e. The molecule has 10 nitrogen and oxygen atoms in total. The third-order valence-corrected chi connectivity index (χ3v) is 8.12. The van der Waals surface area contributed by atoms with Gasteiger partial charge < -0.3 is 25.2 Å². The van der Waals surface area contributed by atoms with Gasteiger partial charge in [-0.05, 0) is 87.8 Å². The van der Waals surface area contributed by atoms with E-state index in [0.717, 1.165) is 41.7 Å². The molecule has 0 radical (unpaired) electrons. The highest BCUT2D eigenvalue weighted by molar-refractivity contribution is 6.08. The predicted octanol–water partition coefficient (Wildman–Crippen LogP) is 7.35. The Morgan fingerprint density at radius 3 is 2.48 bits per heavy atom. The van der Waals surface area contributed by atoms with E-state index in [1.807, 2.05) is 55.5 Å². The summed E-state index contributed by atoms with van der Waals surface area (Å²) in [6, 6.07) is 21.4. The van der Waals surface area contributed by atoms with Gasteiger partial charge in [0.1, 0.15) is 17.9 Å². The number of carbonyl (C=O) groups excluding carboxylic acids is 1. The van der Waals surface area contributed by atoms with Gasteiger partial charge in [0.15, 0.2) is 5.82 Å². The molecule has 3 aromatic carbocycles.